The SMILES string of the molecule is CCCNC1CC2CCC(C1)N2CC1CCOC1C. The van der Waals surface area contributed by atoms with Crippen LogP contribution in [0.15, 0.2) is 0 Å². The highest BCUT2D eigenvalue weighted by Gasteiger charge is 2.42. The van der Waals surface area contributed by atoms with E-state index < -0.39 is 0 Å². The second-order valence-electron chi connectivity index (χ2n) is 6.83. The minimum absolute atomic E-state index is 0.482. The van der Waals surface area contributed by atoms with Crippen LogP contribution < -0.4 is 5.32 Å². The number of ether oxygens (including phenoxy) is 1. The molecule has 110 valence electrons. The maximum Gasteiger partial charge on any atom is 0.0588 e. The number of fused-ring (bicyclic) bond motifs is 2. The molecule has 3 rings (SSSR count). The van der Waals surface area contributed by atoms with Crippen LogP contribution in [0.25, 0.3) is 0 Å². The molecule has 0 saturated carbocycles. The van der Waals surface area contributed by atoms with Gasteiger partial charge in [-0.3, -0.25) is 4.90 Å². The molecule has 3 saturated heterocycles. The third kappa shape index (κ3) is 2.98. The summed E-state index contributed by atoms with van der Waals surface area (Å²) in [6.45, 7) is 7.98. The van der Waals surface area contributed by atoms with Gasteiger partial charge in [0.1, 0.15) is 0 Å². The van der Waals surface area contributed by atoms with Crippen molar-refractivity contribution in [1.29, 1.82) is 0 Å². The molecule has 3 heteroatoms. The van der Waals surface area contributed by atoms with Gasteiger partial charge in [-0.1, -0.05) is 6.92 Å². The molecule has 0 aromatic rings. The summed E-state index contributed by atoms with van der Waals surface area (Å²) in [4.78, 5) is 2.83. The van der Waals surface area contributed by atoms with Gasteiger partial charge in [0.15, 0.2) is 0 Å². The fourth-order valence-corrected chi connectivity index (χ4v) is 4.37. The van der Waals surface area contributed by atoms with Gasteiger partial charge >= 0.3 is 0 Å². The Morgan fingerprint density at radius 2 is 1.89 bits per heavy atom. The quantitative estimate of drug-likeness (QED) is 0.827. The molecule has 3 nitrogen and oxygen atoms in total. The Hall–Kier alpha value is -0.120. The molecule has 0 aliphatic carbocycles. The van der Waals surface area contributed by atoms with Crippen LogP contribution in [0.5, 0.6) is 0 Å². The van der Waals surface area contributed by atoms with E-state index in [1.54, 1.807) is 0 Å². The first-order valence-corrected chi connectivity index (χ1v) is 8.38. The van der Waals surface area contributed by atoms with E-state index in [4.69, 9.17) is 4.74 Å². The highest BCUT2D eigenvalue weighted by Crippen LogP contribution is 2.37. The Bertz CT molecular complexity index is 282. The lowest BCUT2D eigenvalue weighted by Crippen LogP contribution is -2.51. The minimum atomic E-state index is 0.482. The lowest BCUT2D eigenvalue weighted by molar-refractivity contribution is 0.0619. The Labute approximate surface area is 118 Å². The molecular weight excluding hydrogens is 236 g/mol. The van der Waals surface area contributed by atoms with Crippen LogP contribution in [0.3, 0.4) is 0 Å². The molecule has 0 amide bonds. The molecular formula is C16H30N2O. The predicted molar refractivity (Wildman–Crippen MR) is 78.4 cm³/mol. The van der Waals surface area contributed by atoms with Crippen molar-refractivity contribution >= 4 is 0 Å². The minimum Gasteiger partial charge on any atom is -0.378 e. The van der Waals surface area contributed by atoms with Gasteiger partial charge in [0.05, 0.1) is 6.10 Å². The number of hydrogen-bond donors (Lipinski definition) is 1. The van der Waals surface area contributed by atoms with Crippen molar-refractivity contribution in [2.45, 2.75) is 76.6 Å². The molecule has 4 atom stereocenters. The summed E-state index contributed by atoms with van der Waals surface area (Å²) in [7, 11) is 0. The summed E-state index contributed by atoms with van der Waals surface area (Å²) in [5, 5.41) is 3.74. The molecule has 3 fully saturated rings. The lowest BCUT2D eigenvalue weighted by atomic mass is 9.94. The number of piperidine rings is 1. The summed E-state index contributed by atoms with van der Waals surface area (Å²) in [5.74, 6) is 0.781. The second kappa shape index (κ2) is 6.11. The van der Waals surface area contributed by atoms with Gasteiger partial charge in [-0.25, -0.2) is 0 Å². The molecule has 4 unspecified atom stereocenters. The average molecular weight is 266 g/mol. The third-order valence-electron chi connectivity index (χ3n) is 5.55. The van der Waals surface area contributed by atoms with E-state index in [1.807, 2.05) is 0 Å². The van der Waals surface area contributed by atoms with E-state index in [9.17, 15) is 0 Å². The molecule has 0 aromatic carbocycles. The largest absolute Gasteiger partial charge is 0.378 e. The van der Waals surface area contributed by atoms with Gasteiger partial charge in [-0.2, -0.15) is 0 Å². The van der Waals surface area contributed by atoms with Crippen LogP contribution in [-0.4, -0.2) is 48.8 Å². The number of nitrogens with zero attached hydrogens (tertiary/aromatic N) is 1. The monoisotopic (exact) mass is 266 g/mol. The van der Waals surface area contributed by atoms with E-state index in [0.29, 0.717) is 6.10 Å². The highest BCUT2D eigenvalue weighted by molar-refractivity contribution is 4.98. The molecule has 3 heterocycles. The van der Waals surface area contributed by atoms with Crippen molar-refractivity contribution in [2.24, 2.45) is 5.92 Å². The van der Waals surface area contributed by atoms with Crippen molar-refractivity contribution < 1.29 is 4.74 Å². The topological polar surface area (TPSA) is 24.5 Å². The van der Waals surface area contributed by atoms with Gasteiger partial charge in [-0.15, -0.1) is 0 Å². The van der Waals surface area contributed by atoms with Crippen LogP contribution >= 0.6 is 0 Å². The average Bonchev–Trinajstić information content (AvgIpc) is 2.90. The zero-order valence-electron chi connectivity index (χ0n) is 12.6. The van der Waals surface area contributed by atoms with Crippen molar-refractivity contribution in [2.75, 3.05) is 19.7 Å². The zero-order chi connectivity index (χ0) is 13.2. The Kier molecular flexibility index (Phi) is 4.45. The van der Waals surface area contributed by atoms with E-state index in [2.05, 4.69) is 24.1 Å². The standard InChI is InChI=1S/C16H30N2O/c1-3-7-17-14-9-15-4-5-16(10-14)18(15)11-13-6-8-19-12(13)2/h12-17H,3-11H2,1-2H3. The number of nitrogens with one attached hydrogen (secondary N) is 1. The van der Waals surface area contributed by atoms with Crippen LogP contribution in [0.2, 0.25) is 0 Å². The van der Waals surface area contributed by atoms with E-state index >= 15 is 0 Å². The van der Waals surface area contributed by atoms with Crippen LogP contribution in [0.1, 0.15) is 52.4 Å². The van der Waals surface area contributed by atoms with Gasteiger partial charge < -0.3 is 10.1 Å². The second-order valence-corrected chi connectivity index (χ2v) is 6.83. The smallest absolute Gasteiger partial charge is 0.0588 e. The normalized spacial score (nSPS) is 42.9. The first kappa shape index (κ1) is 13.8. The van der Waals surface area contributed by atoms with Crippen LogP contribution in [0, 0.1) is 5.92 Å². The summed E-state index contributed by atoms with van der Waals surface area (Å²) < 4.78 is 5.73. The molecule has 3 aliphatic rings. The maximum absolute atomic E-state index is 5.73. The summed E-state index contributed by atoms with van der Waals surface area (Å²) in [6.07, 6.45) is 8.61. The summed E-state index contributed by atoms with van der Waals surface area (Å²) in [6, 6.07) is 2.48. The first-order chi connectivity index (χ1) is 9.28. The van der Waals surface area contributed by atoms with E-state index in [0.717, 1.165) is 30.7 Å². The van der Waals surface area contributed by atoms with Crippen molar-refractivity contribution in [3.05, 3.63) is 0 Å². The molecule has 2 bridgehead atoms. The van der Waals surface area contributed by atoms with Crippen molar-refractivity contribution in [3.63, 3.8) is 0 Å². The van der Waals surface area contributed by atoms with Gasteiger partial charge in [0, 0.05) is 31.3 Å². The fraction of sp³-hybridized carbons (Fsp3) is 1.00. The Morgan fingerprint density at radius 3 is 2.47 bits per heavy atom. The molecule has 1 N–H and O–H groups in total. The van der Waals surface area contributed by atoms with E-state index in [1.165, 1.54) is 51.6 Å². The van der Waals surface area contributed by atoms with Crippen molar-refractivity contribution in [3.8, 4) is 0 Å². The van der Waals surface area contributed by atoms with Crippen molar-refractivity contribution in [1.82, 2.24) is 10.2 Å². The molecule has 3 aliphatic heterocycles. The van der Waals surface area contributed by atoms with Crippen LogP contribution in [0.4, 0.5) is 0 Å². The van der Waals surface area contributed by atoms with Gasteiger partial charge in [-0.05, 0) is 57.9 Å². The Balaban J connectivity index is 1.54. The number of hydrogen-bond acceptors (Lipinski definition) is 3. The van der Waals surface area contributed by atoms with Gasteiger partial charge in [0.2, 0.25) is 0 Å². The van der Waals surface area contributed by atoms with E-state index in [-0.39, 0.29) is 0 Å². The zero-order valence-corrected chi connectivity index (χ0v) is 12.6. The Morgan fingerprint density at radius 1 is 1.16 bits per heavy atom. The fourth-order valence-electron chi connectivity index (χ4n) is 4.37. The lowest BCUT2D eigenvalue weighted by Gasteiger charge is -2.41. The highest BCUT2D eigenvalue weighted by atomic mass is 16.5. The predicted octanol–water partition coefficient (Wildman–Crippen LogP) is 2.41. The summed E-state index contributed by atoms with van der Waals surface area (Å²) >= 11 is 0. The molecule has 0 aromatic heterocycles. The summed E-state index contributed by atoms with van der Waals surface area (Å²) in [5.41, 5.74) is 0. The third-order valence-corrected chi connectivity index (χ3v) is 5.55. The number of rotatable bonds is 5. The maximum atomic E-state index is 5.73. The first-order valence-electron chi connectivity index (χ1n) is 8.38. The molecule has 0 radical (unpaired) electrons. The molecule has 0 spiro atoms. The molecule has 19 heavy (non-hydrogen) atoms. The van der Waals surface area contributed by atoms with Crippen LogP contribution in [-0.2, 0) is 4.74 Å². The van der Waals surface area contributed by atoms with Gasteiger partial charge in [0.25, 0.3) is 0 Å².